The average Bonchev–Trinajstić information content (AvgIpc) is 3.06. The largest absolute Gasteiger partial charge is 0.477 e. The van der Waals surface area contributed by atoms with Gasteiger partial charge >= 0.3 is 12.0 Å². The van der Waals surface area contributed by atoms with Crippen LogP contribution in [-0.4, -0.2) is 46.2 Å². The summed E-state index contributed by atoms with van der Waals surface area (Å²) < 4.78 is 0. The van der Waals surface area contributed by atoms with E-state index in [0.29, 0.717) is 23.7 Å². The van der Waals surface area contributed by atoms with Crippen molar-refractivity contribution in [1.82, 2.24) is 9.97 Å². The number of amides is 2. The highest BCUT2D eigenvalue weighted by Gasteiger charge is 2.40. The number of carboxylic acid groups (broad SMARTS) is 1. The number of nitrogens with zero attached hydrogens (tertiary/aromatic N) is 4. The number of terminal acetylenes is 1. The SMILES string of the molecule is C#Cc1ccnc(NC(=O)N2c3nc(C(=O)O)ccc3N3CCC2C3)c1. The zero-order valence-corrected chi connectivity index (χ0v) is 13.7. The summed E-state index contributed by atoms with van der Waals surface area (Å²) in [5.74, 6) is 2.04. The van der Waals surface area contributed by atoms with Crippen molar-refractivity contribution in [2.45, 2.75) is 12.5 Å². The van der Waals surface area contributed by atoms with Crippen LogP contribution in [-0.2, 0) is 0 Å². The summed E-state index contributed by atoms with van der Waals surface area (Å²) in [7, 11) is 0. The van der Waals surface area contributed by atoms with E-state index < -0.39 is 12.0 Å². The van der Waals surface area contributed by atoms with Crippen molar-refractivity contribution in [3.63, 3.8) is 0 Å². The minimum absolute atomic E-state index is 0.0742. The van der Waals surface area contributed by atoms with Crippen molar-refractivity contribution in [2.75, 3.05) is 28.2 Å². The second-order valence-corrected chi connectivity index (χ2v) is 6.11. The fourth-order valence-corrected chi connectivity index (χ4v) is 3.35. The topological polar surface area (TPSA) is 98.7 Å². The molecule has 2 amide bonds. The predicted molar refractivity (Wildman–Crippen MR) is 95.5 cm³/mol. The van der Waals surface area contributed by atoms with Crippen LogP contribution < -0.4 is 15.1 Å². The first-order chi connectivity index (χ1) is 12.6. The molecule has 1 saturated heterocycles. The standard InChI is InChI=1S/C18H15N5O3/c1-2-11-5-7-19-15(9-11)21-18(26)23-12-6-8-22(10-12)14-4-3-13(17(24)25)20-16(14)23/h1,3-5,7,9,12H,6,8,10H2,(H,24,25)(H,19,21,26). The van der Waals surface area contributed by atoms with Gasteiger partial charge in [0.05, 0.1) is 11.7 Å². The lowest BCUT2D eigenvalue weighted by Crippen LogP contribution is -2.48. The summed E-state index contributed by atoms with van der Waals surface area (Å²) in [6, 6.07) is 5.94. The molecule has 4 heterocycles. The Morgan fingerprint density at radius 1 is 1.35 bits per heavy atom. The molecule has 2 aliphatic rings. The van der Waals surface area contributed by atoms with Crippen LogP contribution in [0.5, 0.6) is 0 Å². The number of carbonyl (C=O) groups excluding carboxylic acids is 1. The molecule has 0 saturated carbocycles. The van der Waals surface area contributed by atoms with Gasteiger partial charge in [0.1, 0.15) is 5.82 Å². The molecule has 0 aromatic carbocycles. The van der Waals surface area contributed by atoms with E-state index in [-0.39, 0.29) is 11.7 Å². The Hall–Kier alpha value is -3.60. The Labute approximate surface area is 149 Å². The normalized spacial score (nSPS) is 17.4. The number of pyridine rings is 2. The molecule has 4 rings (SSSR count). The van der Waals surface area contributed by atoms with E-state index in [2.05, 4.69) is 26.1 Å². The highest BCUT2D eigenvalue weighted by atomic mass is 16.4. The molecule has 0 aliphatic carbocycles. The first-order valence-corrected chi connectivity index (χ1v) is 8.09. The second kappa shape index (κ2) is 6.04. The van der Waals surface area contributed by atoms with Crippen LogP contribution in [0.15, 0.2) is 30.5 Å². The van der Waals surface area contributed by atoms with Gasteiger partial charge in [0.2, 0.25) is 0 Å². The third kappa shape index (κ3) is 2.59. The Balaban J connectivity index is 1.70. The van der Waals surface area contributed by atoms with E-state index >= 15 is 0 Å². The van der Waals surface area contributed by atoms with Gasteiger partial charge in [-0.25, -0.2) is 19.6 Å². The summed E-state index contributed by atoms with van der Waals surface area (Å²) in [5, 5.41) is 12.0. The van der Waals surface area contributed by atoms with E-state index in [1.54, 1.807) is 18.2 Å². The lowest BCUT2D eigenvalue weighted by molar-refractivity contribution is 0.0690. The van der Waals surface area contributed by atoms with Crippen LogP contribution in [0.1, 0.15) is 22.5 Å². The molecule has 0 spiro atoms. The fourth-order valence-electron chi connectivity index (χ4n) is 3.35. The van der Waals surface area contributed by atoms with E-state index in [4.69, 9.17) is 6.42 Å². The first-order valence-electron chi connectivity index (χ1n) is 8.09. The number of hydrogen-bond donors (Lipinski definition) is 2. The Morgan fingerprint density at radius 3 is 2.96 bits per heavy atom. The second-order valence-electron chi connectivity index (χ2n) is 6.11. The number of carboxylic acids is 1. The van der Waals surface area contributed by atoms with Crippen LogP contribution in [0.2, 0.25) is 0 Å². The number of carbonyl (C=O) groups is 2. The maximum atomic E-state index is 12.9. The molecule has 1 atom stereocenters. The maximum absolute atomic E-state index is 12.9. The molecular weight excluding hydrogens is 334 g/mol. The summed E-state index contributed by atoms with van der Waals surface area (Å²) in [4.78, 5) is 36.1. The number of aromatic carboxylic acids is 1. The molecule has 2 aliphatic heterocycles. The Morgan fingerprint density at radius 2 is 2.19 bits per heavy atom. The molecular formula is C18H15N5O3. The first kappa shape index (κ1) is 15.9. The number of nitrogens with one attached hydrogen (secondary N) is 1. The van der Waals surface area contributed by atoms with Gasteiger partial charge < -0.3 is 10.0 Å². The van der Waals surface area contributed by atoms with Gasteiger partial charge in [-0.2, -0.15) is 0 Å². The summed E-state index contributed by atoms with van der Waals surface area (Å²) >= 11 is 0. The number of hydrogen-bond acceptors (Lipinski definition) is 5. The van der Waals surface area contributed by atoms with E-state index in [1.807, 2.05) is 0 Å². The van der Waals surface area contributed by atoms with Crippen molar-refractivity contribution >= 4 is 29.3 Å². The zero-order chi connectivity index (χ0) is 18.3. The minimum atomic E-state index is -1.13. The van der Waals surface area contributed by atoms with Gasteiger partial charge in [0.15, 0.2) is 11.5 Å². The fraction of sp³-hybridized carbons (Fsp3) is 0.222. The Bertz CT molecular complexity index is 952. The van der Waals surface area contributed by atoms with Crippen molar-refractivity contribution in [2.24, 2.45) is 0 Å². The van der Waals surface area contributed by atoms with Gasteiger partial charge in [-0.05, 0) is 30.7 Å². The summed E-state index contributed by atoms with van der Waals surface area (Å²) in [6.07, 6.45) is 7.68. The van der Waals surface area contributed by atoms with Crippen molar-refractivity contribution < 1.29 is 14.7 Å². The monoisotopic (exact) mass is 349 g/mol. The van der Waals surface area contributed by atoms with Gasteiger partial charge in [-0.3, -0.25) is 10.2 Å². The summed E-state index contributed by atoms with van der Waals surface area (Å²) in [5.41, 5.74) is 1.26. The van der Waals surface area contributed by atoms with E-state index in [1.165, 1.54) is 17.2 Å². The van der Waals surface area contributed by atoms with E-state index in [0.717, 1.165) is 18.7 Å². The smallest absolute Gasteiger partial charge is 0.354 e. The van der Waals surface area contributed by atoms with Gasteiger partial charge in [-0.1, -0.05) is 5.92 Å². The molecule has 2 aromatic rings. The van der Waals surface area contributed by atoms with Crippen LogP contribution in [0, 0.1) is 12.3 Å². The predicted octanol–water partition coefficient (Wildman–Crippen LogP) is 1.79. The van der Waals surface area contributed by atoms with Crippen LogP contribution >= 0.6 is 0 Å². The molecule has 1 fully saturated rings. The zero-order valence-electron chi connectivity index (χ0n) is 13.7. The average molecular weight is 349 g/mol. The highest BCUT2D eigenvalue weighted by Crippen LogP contribution is 2.39. The Kier molecular flexibility index (Phi) is 3.69. The van der Waals surface area contributed by atoms with Crippen LogP contribution in [0.3, 0.4) is 0 Å². The molecule has 2 N–H and O–H groups in total. The van der Waals surface area contributed by atoms with Gasteiger partial charge in [0, 0.05) is 24.8 Å². The minimum Gasteiger partial charge on any atom is -0.477 e. The quantitative estimate of drug-likeness (QED) is 0.802. The molecule has 2 aromatic heterocycles. The number of fused-ring (bicyclic) bond motifs is 4. The van der Waals surface area contributed by atoms with E-state index in [9.17, 15) is 14.7 Å². The highest BCUT2D eigenvalue weighted by molar-refractivity contribution is 6.04. The number of anilines is 3. The van der Waals surface area contributed by atoms with Crippen molar-refractivity contribution in [1.29, 1.82) is 0 Å². The van der Waals surface area contributed by atoms with Crippen molar-refractivity contribution in [3.8, 4) is 12.3 Å². The molecule has 1 unspecified atom stereocenters. The lowest BCUT2D eigenvalue weighted by Gasteiger charge is -2.35. The maximum Gasteiger partial charge on any atom is 0.354 e. The third-order valence-corrected chi connectivity index (χ3v) is 4.55. The van der Waals surface area contributed by atoms with Crippen LogP contribution in [0.25, 0.3) is 0 Å². The van der Waals surface area contributed by atoms with Gasteiger partial charge in [-0.15, -0.1) is 6.42 Å². The number of rotatable bonds is 2. The molecule has 2 bridgehead atoms. The van der Waals surface area contributed by atoms with Crippen LogP contribution in [0.4, 0.5) is 22.1 Å². The lowest BCUT2D eigenvalue weighted by atomic mass is 10.2. The summed E-state index contributed by atoms with van der Waals surface area (Å²) in [6.45, 7) is 1.48. The number of urea groups is 1. The molecule has 130 valence electrons. The molecule has 26 heavy (non-hydrogen) atoms. The molecule has 8 nitrogen and oxygen atoms in total. The molecule has 8 heteroatoms. The number of aromatic nitrogens is 2. The van der Waals surface area contributed by atoms with Gasteiger partial charge in [0.25, 0.3) is 0 Å². The molecule has 0 radical (unpaired) electrons. The van der Waals surface area contributed by atoms with Crippen molar-refractivity contribution in [3.05, 3.63) is 41.7 Å². The third-order valence-electron chi connectivity index (χ3n) is 4.55.